The average molecular weight is 356 g/mol. The Morgan fingerprint density at radius 3 is 2.54 bits per heavy atom. The maximum absolute atomic E-state index is 12.2. The molecule has 134 valence electrons. The van der Waals surface area contributed by atoms with Crippen molar-refractivity contribution >= 4 is 21.7 Å². The summed E-state index contributed by atoms with van der Waals surface area (Å²) in [6.45, 7) is 1.46. The highest BCUT2D eigenvalue weighted by molar-refractivity contribution is 7.91. The first-order valence-electron chi connectivity index (χ1n) is 8.38. The van der Waals surface area contributed by atoms with Gasteiger partial charge in [0.1, 0.15) is 5.54 Å². The smallest absolute Gasteiger partial charge is 0.306 e. The fourth-order valence-electron chi connectivity index (χ4n) is 3.33. The molecule has 2 unspecified atom stereocenters. The molecule has 0 aromatic carbocycles. The minimum atomic E-state index is -3.04. The molecule has 2 rings (SSSR count). The molecule has 0 bridgehead atoms. The number of hydrogen-bond acceptors (Lipinski definition) is 6. The molecule has 0 radical (unpaired) electrons. The highest BCUT2D eigenvalue weighted by Crippen LogP contribution is 2.28. The summed E-state index contributed by atoms with van der Waals surface area (Å²) in [5, 5.41) is 12.1. The van der Waals surface area contributed by atoms with Crippen LogP contribution in [0.25, 0.3) is 0 Å². The van der Waals surface area contributed by atoms with Crippen LogP contribution in [0.2, 0.25) is 0 Å². The van der Waals surface area contributed by atoms with Crippen LogP contribution in [0.15, 0.2) is 0 Å². The molecule has 2 aliphatic rings. The molecule has 1 saturated carbocycles. The van der Waals surface area contributed by atoms with Gasteiger partial charge in [0.15, 0.2) is 15.9 Å². The summed E-state index contributed by atoms with van der Waals surface area (Å²) in [5.41, 5.74) is -0.866. The third-order valence-corrected chi connectivity index (χ3v) is 6.58. The Bertz CT molecular complexity index is 631. The molecule has 24 heavy (non-hydrogen) atoms. The lowest BCUT2D eigenvalue weighted by atomic mass is 9.83. The van der Waals surface area contributed by atoms with Gasteiger partial charge in [-0.25, -0.2) is 8.42 Å². The van der Waals surface area contributed by atoms with E-state index >= 15 is 0 Å². The number of nitrogens with zero attached hydrogens (tertiary/aromatic N) is 1. The van der Waals surface area contributed by atoms with Crippen molar-refractivity contribution in [2.45, 2.75) is 63.5 Å². The van der Waals surface area contributed by atoms with Crippen LogP contribution in [0, 0.1) is 17.2 Å². The van der Waals surface area contributed by atoms with Gasteiger partial charge in [-0.3, -0.25) is 9.59 Å². The van der Waals surface area contributed by atoms with Gasteiger partial charge >= 0.3 is 5.97 Å². The van der Waals surface area contributed by atoms with E-state index in [0.717, 1.165) is 19.3 Å². The van der Waals surface area contributed by atoms with Crippen molar-refractivity contribution in [2.75, 3.05) is 11.5 Å². The number of amides is 1. The van der Waals surface area contributed by atoms with Crippen molar-refractivity contribution in [3.63, 3.8) is 0 Å². The number of rotatable bonds is 5. The first-order valence-corrected chi connectivity index (χ1v) is 10.2. The summed E-state index contributed by atoms with van der Waals surface area (Å²) < 4.78 is 27.9. The lowest BCUT2D eigenvalue weighted by molar-refractivity contribution is -0.156. The van der Waals surface area contributed by atoms with Gasteiger partial charge in [-0.2, -0.15) is 5.26 Å². The van der Waals surface area contributed by atoms with Crippen molar-refractivity contribution in [3.8, 4) is 6.07 Å². The Morgan fingerprint density at radius 2 is 2.00 bits per heavy atom. The highest BCUT2D eigenvalue weighted by atomic mass is 32.2. The molecule has 0 aromatic heterocycles. The molecule has 0 aromatic rings. The molecular formula is C16H24N2O5S. The first kappa shape index (κ1) is 18.7. The molecule has 2 fully saturated rings. The highest BCUT2D eigenvalue weighted by Gasteiger charge is 2.36. The Kier molecular flexibility index (Phi) is 5.86. The van der Waals surface area contributed by atoms with Crippen LogP contribution in [0.1, 0.15) is 51.9 Å². The third-order valence-electron chi connectivity index (χ3n) is 4.74. The number of nitrogens with one attached hydrogen (secondary N) is 1. The number of ether oxygens (including phenoxy) is 1. The van der Waals surface area contributed by atoms with Crippen LogP contribution in [0.4, 0.5) is 0 Å². The molecule has 1 N–H and O–H groups in total. The van der Waals surface area contributed by atoms with E-state index in [1.165, 1.54) is 6.92 Å². The van der Waals surface area contributed by atoms with Crippen molar-refractivity contribution in [1.82, 2.24) is 5.32 Å². The van der Waals surface area contributed by atoms with Crippen LogP contribution < -0.4 is 5.32 Å². The van der Waals surface area contributed by atoms with E-state index in [0.29, 0.717) is 19.3 Å². The Labute approximate surface area is 142 Å². The van der Waals surface area contributed by atoms with E-state index in [4.69, 9.17) is 4.74 Å². The predicted molar refractivity (Wildman–Crippen MR) is 86.5 cm³/mol. The summed E-state index contributed by atoms with van der Waals surface area (Å²) in [6, 6.07) is 2.19. The van der Waals surface area contributed by atoms with Crippen LogP contribution >= 0.6 is 0 Å². The third kappa shape index (κ3) is 4.94. The lowest BCUT2D eigenvalue weighted by Crippen LogP contribution is -2.52. The van der Waals surface area contributed by atoms with E-state index in [2.05, 4.69) is 11.4 Å². The SMILES string of the molecule is CC(OC(=O)CC1CCS(=O)(=O)C1)C(=O)NC1(C#N)CCCCC1. The summed E-state index contributed by atoms with van der Waals surface area (Å²) in [6.07, 6.45) is 3.49. The largest absolute Gasteiger partial charge is 0.453 e. The van der Waals surface area contributed by atoms with E-state index in [1.54, 1.807) is 0 Å². The van der Waals surface area contributed by atoms with Gasteiger partial charge < -0.3 is 10.1 Å². The molecule has 1 heterocycles. The summed E-state index contributed by atoms with van der Waals surface area (Å²) in [7, 11) is -3.04. The predicted octanol–water partition coefficient (Wildman–Crippen LogP) is 1.09. The topological polar surface area (TPSA) is 113 Å². The molecular weight excluding hydrogens is 332 g/mol. The number of nitriles is 1. The molecule has 0 spiro atoms. The zero-order valence-electron chi connectivity index (χ0n) is 13.9. The Balaban J connectivity index is 1.82. The van der Waals surface area contributed by atoms with Crippen LogP contribution in [-0.4, -0.2) is 43.4 Å². The van der Waals surface area contributed by atoms with Gasteiger partial charge in [-0.05, 0) is 32.1 Å². The molecule has 1 amide bonds. The van der Waals surface area contributed by atoms with E-state index < -0.39 is 33.4 Å². The van der Waals surface area contributed by atoms with E-state index in [9.17, 15) is 23.3 Å². The molecule has 1 aliphatic carbocycles. The van der Waals surface area contributed by atoms with Crippen molar-refractivity contribution in [2.24, 2.45) is 5.92 Å². The average Bonchev–Trinajstić information content (AvgIpc) is 2.86. The second-order valence-corrected chi connectivity index (χ2v) is 9.08. The minimum absolute atomic E-state index is 0.000219. The lowest BCUT2D eigenvalue weighted by Gasteiger charge is -2.32. The number of esters is 1. The molecule has 1 aliphatic heterocycles. The van der Waals surface area contributed by atoms with Gasteiger partial charge in [0, 0.05) is 6.42 Å². The summed E-state index contributed by atoms with van der Waals surface area (Å²) >= 11 is 0. The van der Waals surface area contributed by atoms with E-state index in [-0.39, 0.29) is 23.8 Å². The summed E-state index contributed by atoms with van der Waals surface area (Å²) in [4.78, 5) is 24.1. The van der Waals surface area contributed by atoms with Gasteiger partial charge in [0.25, 0.3) is 5.91 Å². The Morgan fingerprint density at radius 1 is 1.33 bits per heavy atom. The molecule has 7 nitrogen and oxygen atoms in total. The molecule has 1 saturated heterocycles. The van der Waals surface area contributed by atoms with Crippen LogP contribution in [-0.2, 0) is 24.2 Å². The molecule has 8 heteroatoms. The van der Waals surface area contributed by atoms with Gasteiger partial charge in [-0.15, -0.1) is 0 Å². The first-order chi connectivity index (χ1) is 11.3. The zero-order chi connectivity index (χ0) is 17.8. The zero-order valence-corrected chi connectivity index (χ0v) is 14.7. The maximum Gasteiger partial charge on any atom is 0.306 e. The summed E-state index contributed by atoms with van der Waals surface area (Å²) in [5.74, 6) is -1.19. The Hall–Kier alpha value is -1.62. The maximum atomic E-state index is 12.2. The second-order valence-electron chi connectivity index (χ2n) is 6.85. The van der Waals surface area contributed by atoms with Crippen molar-refractivity contribution < 1.29 is 22.7 Å². The van der Waals surface area contributed by atoms with Crippen LogP contribution in [0.3, 0.4) is 0 Å². The number of sulfone groups is 1. The van der Waals surface area contributed by atoms with Crippen molar-refractivity contribution in [1.29, 1.82) is 5.26 Å². The quantitative estimate of drug-likeness (QED) is 0.738. The fraction of sp³-hybridized carbons (Fsp3) is 0.812. The van der Waals surface area contributed by atoms with Gasteiger partial charge in [-0.1, -0.05) is 19.3 Å². The van der Waals surface area contributed by atoms with Crippen molar-refractivity contribution in [3.05, 3.63) is 0 Å². The van der Waals surface area contributed by atoms with Gasteiger partial charge in [0.05, 0.1) is 17.6 Å². The number of carbonyl (C=O) groups excluding carboxylic acids is 2. The minimum Gasteiger partial charge on any atom is -0.453 e. The van der Waals surface area contributed by atoms with Crippen LogP contribution in [0.5, 0.6) is 0 Å². The fourth-order valence-corrected chi connectivity index (χ4v) is 5.19. The second kappa shape index (κ2) is 7.51. The number of hydrogen-bond donors (Lipinski definition) is 1. The molecule has 2 atom stereocenters. The standard InChI is InChI=1S/C16H24N2O5S/c1-12(15(20)18-16(11-17)6-3-2-4-7-16)23-14(19)9-13-5-8-24(21,22)10-13/h12-13H,2-10H2,1H3,(H,18,20). The van der Waals surface area contributed by atoms with E-state index in [1.807, 2.05) is 0 Å². The van der Waals surface area contributed by atoms with Gasteiger partial charge in [0.2, 0.25) is 0 Å². The monoisotopic (exact) mass is 356 g/mol. The normalized spacial score (nSPS) is 26.1. The number of carbonyl (C=O) groups is 2.